The molecule has 0 radical (unpaired) electrons. The Morgan fingerprint density at radius 3 is 1.03 bits per heavy atom. The van der Waals surface area contributed by atoms with Crippen LogP contribution >= 0.6 is 8.25 Å². The summed E-state index contributed by atoms with van der Waals surface area (Å²) in [5.41, 5.74) is 3.52. The van der Waals surface area contributed by atoms with Gasteiger partial charge in [-0.25, -0.2) is 0 Å². The minimum absolute atomic E-state index is 1.17. The lowest BCUT2D eigenvalue weighted by molar-refractivity contribution is 0.405. The Morgan fingerprint density at radius 1 is 0.552 bits per heavy atom. The first kappa shape index (κ1) is 22.0. The molecule has 0 amide bonds. The highest BCUT2D eigenvalue weighted by Gasteiger charge is 1.93. The second-order valence-corrected chi connectivity index (χ2v) is 6.38. The van der Waals surface area contributed by atoms with Crippen LogP contribution in [0.4, 0.5) is 0 Å². The van der Waals surface area contributed by atoms with E-state index in [4.69, 9.17) is 14.4 Å². The van der Waals surface area contributed by atoms with Gasteiger partial charge in [-0.1, -0.05) is 91.0 Å². The first-order valence-corrected chi connectivity index (χ1v) is 10.1. The maximum absolute atomic E-state index is 8.70. The predicted molar refractivity (Wildman–Crippen MR) is 120 cm³/mol. The number of hydrogen-bond acceptors (Lipinski definition) is 2. The standard InChI is InChI=1S/C24H21N.HO3P/c1-4-10-22(11-5-1)16-19-25(20-17-23-12-6-2-7-13-23)21-18-24-14-8-3-9-15-24;1-4(2)3/h1-21H;(H-,1,2,3)/p+1. The topological polar surface area (TPSA) is 60.8 Å². The zero-order valence-corrected chi connectivity index (χ0v) is 16.7. The van der Waals surface area contributed by atoms with E-state index >= 15 is 0 Å². The van der Waals surface area contributed by atoms with Crippen LogP contribution in [0.25, 0.3) is 18.2 Å². The van der Waals surface area contributed by atoms with Crippen LogP contribution < -0.4 is 0 Å². The third-order valence-corrected chi connectivity index (χ3v) is 3.72. The number of hydrogen-bond donors (Lipinski definition) is 2. The Bertz CT molecular complexity index is 818. The van der Waals surface area contributed by atoms with E-state index in [1.165, 1.54) is 16.7 Å². The van der Waals surface area contributed by atoms with Crippen molar-refractivity contribution in [2.45, 2.75) is 0 Å². The van der Waals surface area contributed by atoms with E-state index in [1.807, 2.05) is 54.6 Å². The molecule has 3 aromatic carbocycles. The lowest BCUT2D eigenvalue weighted by atomic mass is 10.2. The van der Waals surface area contributed by atoms with Gasteiger partial charge in [0.1, 0.15) is 0 Å². The highest BCUT2D eigenvalue weighted by atomic mass is 31.1. The SMILES string of the molecule is C(=CN(C=Cc1ccccc1)C=Cc1ccccc1)c1ccccc1.O=[P+](O)O. The van der Waals surface area contributed by atoms with Crippen molar-refractivity contribution >= 4 is 26.5 Å². The highest BCUT2D eigenvalue weighted by Crippen LogP contribution is 2.09. The Balaban J connectivity index is 0.000000687. The molecule has 0 aliphatic heterocycles. The number of rotatable bonds is 6. The molecule has 0 bridgehead atoms. The fourth-order valence-corrected chi connectivity index (χ4v) is 2.36. The fraction of sp³-hybridized carbons (Fsp3) is 0. The lowest BCUT2D eigenvalue weighted by Gasteiger charge is -2.09. The van der Waals surface area contributed by atoms with Gasteiger partial charge in [0.05, 0.1) is 0 Å². The summed E-state index contributed by atoms with van der Waals surface area (Å²) < 4.78 is 8.70. The van der Waals surface area contributed by atoms with Crippen molar-refractivity contribution in [3.05, 3.63) is 126 Å². The summed E-state index contributed by atoms with van der Waals surface area (Å²) in [4.78, 5) is 16.3. The van der Waals surface area contributed by atoms with E-state index in [2.05, 4.69) is 78.1 Å². The average molecular weight is 404 g/mol. The highest BCUT2D eigenvalue weighted by molar-refractivity contribution is 7.30. The molecule has 0 atom stereocenters. The molecule has 0 unspecified atom stereocenters. The maximum Gasteiger partial charge on any atom is 0.692 e. The third kappa shape index (κ3) is 9.99. The van der Waals surface area contributed by atoms with Gasteiger partial charge in [0.25, 0.3) is 0 Å². The molecule has 2 N–H and O–H groups in total. The van der Waals surface area contributed by atoms with Crippen LogP contribution in [0.1, 0.15) is 16.7 Å². The molecular formula is C24H23NO3P+. The largest absolute Gasteiger partial charge is 0.692 e. The molecule has 0 spiro atoms. The molecule has 29 heavy (non-hydrogen) atoms. The van der Waals surface area contributed by atoms with Gasteiger partial charge in [0.2, 0.25) is 0 Å². The fourth-order valence-electron chi connectivity index (χ4n) is 2.36. The minimum atomic E-state index is -2.87. The summed E-state index contributed by atoms with van der Waals surface area (Å²) in [7, 11) is -2.87. The zero-order chi connectivity index (χ0) is 20.7. The van der Waals surface area contributed by atoms with Crippen LogP contribution in [0.5, 0.6) is 0 Å². The van der Waals surface area contributed by atoms with Gasteiger partial charge in [-0.2, -0.15) is 0 Å². The van der Waals surface area contributed by atoms with Crippen molar-refractivity contribution in [3.8, 4) is 0 Å². The summed E-state index contributed by atoms with van der Waals surface area (Å²) in [5, 5.41) is 0. The van der Waals surface area contributed by atoms with Gasteiger partial charge in [-0.3, -0.25) is 0 Å². The van der Waals surface area contributed by atoms with Gasteiger partial charge in [0, 0.05) is 23.2 Å². The molecule has 0 saturated heterocycles. The number of nitrogens with zero attached hydrogens (tertiary/aromatic N) is 1. The molecule has 5 heteroatoms. The van der Waals surface area contributed by atoms with Crippen LogP contribution in [0.15, 0.2) is 110 Å². The molecule has 0 saturated carbocycles. The van der Waals surface area contributed by atoms with Crippen LogP contribution in [-0.4, -0.2) is 14.7 Å². The summed E-state index contributed by atoms with van der Waals surface area (Å²) in [6.45, 7) is 0. The van der Waals surface area contributed by atoms with Gasteiger partial charge >= 0.3 is 8.25 Å². The van der Waals surface area contributed by atoms with Crippen LogP contribution in [0.3, 0.4) is 0 Å². The average Bonchev–Trinajstić information content (AvgIpc) is 2.75. The molecule has 3 rings (SSSR count). The quantitative estimate of drug-likeness (QED) is 0.500. The summed E-state index contributed by atoms with van der Waals surface area (Å²) in [6, 6.07) is 30.9. The number of benzene rings is 3. The molecule has 4 nitrogen and oxygen atoms in total. The molecule has 0 aliphatic rings. The van der Waals surface area contributed by atoms with Crippen molar-refractivity contribution in [3.63, 3.8) is 0 Å². The first-order valence-electron chi connectivity index (χ1n) is 8.96. The molecule has 0 heterocycles. The Labute approximate surface area is 172 Å². The molecule has 146 valence electrons. The van der Waals surface area contributed by atoms with Gasteiger partial charge in [-0.15, -0.1) is 9.79 Å². The van der Waals surface area contributed by atoms with E-state index in [9.17, 15) is 0 Å². The van der Waals surface area contributed by atoms with Crippen molar-refractivity contribution in [2.75, 3.05) is 0 Å². The van der Waals surface area contributed by atoms with Gasteiger partial charge < -0.3 is 4.90 Å². The van der Waals surface area contributed by atoms with E-state index in [1.54, 1.807) is 0 Å². The van der Waals surface area contributed by atoms with Crippen LogP contribution in [-0.2, 0) is 4.57 Å². The summed E-state index contributed by atoms with van der Waals surface area (Å²) in [5.74, 6) is 0. The smallest absolute Gasteiger partial charge is 0.331 e. The van der Waals surface area contributed by atoms with E-state index < -0.39 is 8.25 Å². The maximum atomic E-state index is 8.70. The van der Waals surface area contributed by atoms with E-state index in [0.717, 1.165) is 0 Å². The van der Waals surface area contributed by atoms with Crippen LogP contribution in [0, 0.1) is 0 Å². The molecule has 0 aliphatic carbocycles. The van der Waals surface area contributed by atoms with E-state index in [-0.39, 0.29) is 0 Å². The molecule has 3 aromatic rings. The molecular weight excluding hydrogens is 381 g/mol. The zero-order valence-electron chi connectivity index (χ0n) is 15.8. The van der Waals surface area contributed by atoms with Crippen molar-refractivity contribution in [1.82, 2.24) is 4.90 Å². The monoisotopic (exact) mass is 404 g/mol. The Hall–Kier alpha value is -3.30. The lowest BCUT2D eigenvalue weighted by Crippen LogP contribution is -1.98. The van der Waals surface area contributed by atoms with Crippen LogP contribution in [0.2, 0.25) is 0 Å². The minimum Gasteiger partial charge on any atom is -0.331 e. The van der Waals surface area contributed by atoms with Crippen molar-refractivity contribution in [2.24, 2.45) is 0 Å². The van der Waals surface area contributed by atoms with Crippen molar-refractivity contribution in [1.29, 1.82) is 0 Å². The predicted octanol–water partition coefficient (Wildman–Crippen LogP) is 5.93. The second-order valence-electron chi connectivity index (χ2n) is 5.88. The van der Waals surface area contributed by atoms with E-state index in [0.29, 0.717) is 0 Å². The van der Waals surface area contributed by atoms with Gasteiger partial charge in [0.15, 0.2) is 0 Å². The molecule has 0 aromatic heterocycles. The third-order valence-electron chi connectivity index (χ3n) is 3.72. The second kappa shape index (κ2) is 13.0. The summed E-state index contributed by atoms with van der Waals surface area (Å²) >= 11 is 0. The Kier molecular flexibility index (Phi) is 9.84. The molecule has 0 fully saturated rings. The van der Waals surface area contributed by atoms with Gasteiger partial charge in [-0.05, 0) is 34.9 Å². The summed E-state index contributed by atoms with van der Waals surface area (Å²) in [6.07, 6.45) is 12.5. The van der Waals surface area contributed by atoms with Crippen molar-refractivity contribution < 1.29 is 14.4 Å². The first-order chi connectivity index (χ1) is 14.1. The normalized spacial score (nSPS) is 10.8. The Morgan fingerprint density at radius 2 is 0.793 bits per heavy atom.